The highest BCUT2D eigenvalue weighted by atomic mass is 32.1. The lowest BCUT2D eigenvalue weighted by atomic mass is 9.91. The molecule has 0 amide bonds. The van der Waals surface area contributed by atoms with Crippen molar-refractivity contribution in [2.75, 3.05) is 0 Å². The third-order valence-electron chi connectivity index (χ3n) is 13.0. The van der Waals surface area contributed by atoms with Crippen molar-refractivity contribution in [2.24, 2.45) is 0 Å². The highest BCUT2D eigenvalue weighted by Gasteiger charge is 2.19. The summed E-state index contributed by atoms with van der Waals surface area (Å²) >= 11 is 1.82. The quantitative estimate of drug-likeness (QED) is 0.162. The third-order valence-corrected chi connectivity index (χ3v) is 14.1. The van der Waals surface area contributed by atoms with Gasteiger partial charge in [0.05, 0.1) is 0 Å². The first-order chi connectivity index (χ1) is 31.6. The second-order valence-electron chi connectivity index (χ2n) is 16.8. The molecule has 14 rings (SSSR count). The number of fused-ring (bicyclic) bond motifs is 7. The minimum absolute atomic E-state index is 0.625. The third kappa shape index (κ3) is 5.51. The van der Waals surface area contributed by atoms with Crippen LogP contribution in [0, 0.1) is 0 Å². The number of rotatable bonds is 5. The summed E-state index contributed by atoms with van der Waals surface area (Å²) in [6.45, 7) is 0. The fourth-order valence-corrected chi connectivity index (χ4v) is 11.1. The predicted molar refractivity (Wildman–Crippen MR) is 268 cm³/mol. The van der Waals surface area contributed by atoms with E-state index in [9.17, 15) is 0 Å². The van der Waals surface area contributed by atoms with Gasteiger partial charge in [-0.15, -0.1) is 11.3 Å². The van der Waals surface area contributed by atoms with E-state index in [1.807, 2.05) is 29.5 Å². The first-order valence-corrected chi connectivity index (χ1v) is 22.4. The summed E-state index contributed by atoms with van der Waals surface area (Å²) in [5.74, 6) is 1.91. The molecule has 14 aromatic rings. The number of benzene rings is 11. The Labute approximate surface area is 370 Å². The molecule has 0 fully saturated rings. The molecule has 0 radical (unpaired) electrons. The van der Waals surface area contributed by atoms with Gasteiger partial charge in [-0.3, -0.25) is 0 Å². The lowest BCUT2D eigenvalue weighted by Gasteiger charge is -2.13. The Morgan fingerprint density at radius 3 is 1.72 bits per heavy atom. The van der Waals surface area contributed by atoms with Crippen molar-refractivity contribution in [1.29, 1.82) is 0 Å². The van der Waals surface area contributed by atoms with E-state index in [4.69, 9.17) is 19.4 Å². The van der Waals surface area contributed by atoms with Crippen LogP contribution in [0.15, 0.2) is 205 Å². The van der Waals surface area contributed by atoms with E-state index in [1.54, 1.807) is 0 Å². The molecule has 0 spiro atoms. The summed E-state index contributed by atoms with van der Waals surface area (Å²) in [5.41, 5.74) is 9.20. The van der Waals surface area contributed by atoms with Crippen molar-refractivity contribution in [3.05, 3.63) is 200 Å². The molecule has 11 aromatic carbocycles. The summed E-state index contributed by atoms with van der Waals surface area (Å²) in [7, 11) is 0. The molecule has 0 saturated carbocycles. The maximum Gasteiger partial charge on any atom is 0.164 e. The average Bonchev–Trinajstić information content (AvgIpc) is 3.92. The van der Waals surface area contributed by atoms with Crippen molar-refractivity contribution < 1.29 is 4.42 Å². The van der Waals surface area contributed by atoms with Crippen molar-refractivity contribution in [3.63, 3.8) is 0 Å². The number of aromatic nitrogens is 3. The van der Waals surface area contributed by atoms with E-state index in [1.165, 1.54) is 69.0 Å². The molecule has 3 aromatic heterocycles. The van der Waals surface area contributed by atoms with Crippen LogP contribution in [0.25, 0.3) is 142 Å². The number of furan rings is 1. The molecule has 0 unspecified atom stereocenters. The monoisotopic (exact) mass is 831 g/mol. The highest BCUT2D eigenvalue weighted by molar-refractivity contribution is 7.26. The maximum atomic E-state index is 6.34. The van der Waals surface area contributed by atoms with Gasteiger partial charge in [0.1, 0.15) is 11.2 Å². The maximum absolute atomic E-state index is 6.34. The van der Waals surface area contributed by atoms with Gasteiger partial charge in [-0.2, -0.15) is 0 Å². The number of thiophene rings is 1. The Morgan fingerprint density at radius 1 is 0.297 bits per heavy atom. The second kappa shape index (κ2) is 13.6. The zero-order valence-corrected chi connectivity index (χ0v) is 35.0. The predicted octanol–water partition coefficient (Wildman–Crippen LogP) is 16.5. The second-order valence-corrected chi connectivity index (χ2v) is 17.8. The minimum Gasteiger partial charge on any atom is -0.456 e. The molecule has 0 aliphatic rings. The van der Waals surface area contributed by atoms with Crippen molar-refractivity contribution in [1.82, 2.24) is 15.0 Å². The van der Waals surface area contributed by atoms with E-state index in [-0.39, 0.29) is 0 Å². The van der Waals surface area contributed by atoms with E-state index < -0.39 is 0 Å². The van der Waals surface area contributed by atoms with Gasteiger partial charge in [0.15, 0.2) is 17.5 Å². The van der Waals surface area contributed by atoms with Crippen LogP contribution in [-0.4, -0.2) is 15.0 Å². The zero-order chi connectivity index (χ0) is 41.9. The zero-order valence-electron chi connectivity index (χ0n) is 34.2. The summed E-state index contributed by atoms with van der Waals surface area (Å²) in [4.78, 5) is 15.6. The summed E-state index contributed by atoms with van der Waals surface area (Å²) < 4.78 is 8.76. The van der Waals surface area contributed by atoms with Crippen molar-refractivity contribution >= 4 is 96.5 Å². The van der Waals surface area contributed by atoms with Gasteiger partial charge >= 0.3 is 0 Å². The van der Waals surface area contributed by atoms with Gasteiger partial charge in [-0.05, 0) is 120 Å². The Balaban J connectivity index is 0.889. The molecule has 296 valence electrons. The van der Waals surface area contributed by atoms with Crippen LogP contribution in [0.2, 0.25) is 0 Å². The van der Waals surface area contributed by atoms with Gasteiger partial charge in [0.25, 0.3) is 0 Å². The first kappa shape index (κ1) is 35.4. The lowest BCUT2D eigenvalue weighted by Crippen LogP contribution is -2.00. The fraction of sp³-hybridized carbons (Fsp3) is 0. The van der Waals surface area contributed by atoms with Crippen molar-refractivity contribution in [3.8, 4) is 56.4 Å². The average molecular weight is 832 g/mol. The van der Waals surface area contributed by atoms with E-state index in [2.05, 4.69) is 182 Å². The molecular formula is C59H33N3OS. The molecule has 0 bridgehead atoms. The largest absolute Gasteiger partial charge is 0.456 e. The molecule has 0 saturated heterocycles. The molecule has 0 atom stereocenters. The van der Waals surface area contributed by atoms with Gasteiger partial charge < -0.3 is 4.42 Å². The Hall–Kier alpha value is -8.25. The van der Waals surface area contributed by atoms with Crippen molar-refractivity contribution in [2.45, 2.75) is 0 Å². The van der Waals surface area contributed by atoms with Gasteiger partial charge in [-0.1, -0.05) is 146 Å². The van der Waals surface area contributed by atoms with Crippen LogP contribution >= 0.6 is 11.3 Å². The smallest absolute Gasteiger partial charge is 0.164 e. The van der Waals surface area contributed by atoms with Crippen LogP contribution in [0.3, 0.4) is 0 Å². The molecule has 3 heterocycles. The topological polar surface area (TPSA) is 51.8 Å². The molecule has 64 heavy (non-hydrogen) atoms. The number of hydrogen-bond donors (Lipinski definition) is 0. The molecule has 4 nitrogen and oxygen atoms in total. The Morgan fingerprint density at radius 2 is 0.891 bits per heavy atom. The minimum atomic E-state index is 0.625. The van der Waals surface area contributed by atoms with Crippen LogP contribution in [0.1, 0.15) is 0 Å². The van der Waals surface area contributed by atoms with Crippen LogP contribution < -0.4 is 0 Å². The Bertz CT molecular complexity index is 4140. The van der Waals surface area contributed by atoms with E-state index >= 15 is 0 Å². The molecule has 5 heteroatoms. The summed E-state index contributed by atoms with van der Waals surface area (Å²) in [5, 5.41) is 14.7. The highest BCUT2D eigenvalue weighted by Crippen LogP contribution is 2.43. The van der Waals surface area contributed by atoms with Gasteiger partial charge in [-0.25, -0.2) is 15.0 Å². The van der Waals surface area contributed by atoms with Crippen LogP contribution in [-0.2, 0) is 0 Å². The summed E-state index contributed by atoms with van der Waals surface area (Å²) in [6.07, 6.45) is 0. The van der Waals surface area contributed by atoms with E-state index in [0.29, 0.717) is 17.5 Å². The first-order valence-electron chi connectivity index (χ1n) is 21.6. The van der Waals surface area contributed by atoms with Gasteiger partial charge in [0.2, 0.25) is 0 Å². The number of hydrogen-bond acceptors (Lipinski definition) is 5. The SMILES string of the molecule is c1ccc(-c2nc(-c3cccc(-c4ccc5oc6cc7ccccc7cc6c5c4)c3)nc(-c3cccc4sc5cc(-c6cc7ccc8cccc9ccc(c6)c7c89)ccc5c34)n2)cc1. The van der Waals surface area contributed by atoms with Crippen LogP contribution in [0.4, 0.5) is 0 Å². The molecular weight excluding hydrogens is 799 g/mol. The van der Waals surface area contributed by atoms with Gasteiger partial charge in [0, 0.05) is 47.6 Å². The standard InChI is InChI=1S/C59H33N3OS/c1-2-9-36(10-3-1)57-60-58(44-16-7-15-37(27-44)40-24-26-50-48(31-40)49-30-38-11-4-5-12-39(38)32-51(49)63-50)62-59(61-57)47-17-8-18-52-56(47)46-25-23-41(33-53(46)64-52)45-28-42-21-19-34-13-6-14-35-20-22-43(29-45)55(42)54(34)35/h1-33H. The Kier molecular flexibility index (Phi) is 7.53. The molecule has 0 N–H and O–H groups in total. The molecule has 0 aliphatic heterocycles. The van der Waals surface area contributed by atoms with E-state index in [0.717, 1.165) is 55.1 Å². The summed E-state index contributed by atoms with van der Waals surface area (Å²) in [6, 6.07) is 71.7. The fourth-order valence-electron chi connectivity index (χ4n) is 9.93. The lowest BCUT2D eigenvalue weighted by molar-refractivity contribution is 0.669. The normalized spacial score (nSPS) is 12.1. The molecule has 0 aliphatic carbocycles. The van der Waals surface area contributed by atoms with Crippen LogP contribution in [0.5, 0.6) is 0 Å². The number of nitrogens with zero attached hydrogens (tertiary/aromatic N) is 3.